The molecule has 0 spiro atoms. The van der Waals surface area contributed by atoms with E-state index in [9.17, 15) is 0 Å². The van der Waals surface area contributed by atoms with Gasteiger partial charge in [-0.1, -0.05) is 36.4 Å². The molecular formula is C24H19N5O2. The summed E-state index contributed by atoms with van der Waals surface area (Å²) in [6, 6.07) is 21.3. The van der Waals surface area contributed by atoms with E-state index in [1.165, 1.54) is 0 Å². The number of nitrogens with zero attached hydrogens (tertiary/aromatic N) is 5. The average molecular weight is 409 g/mol. The SMILES string of the molecule is COc1ccc(Cc2nc3c(-c4ccccc4Oc4ccccc4)nccn3n2)cn1. The van der Waals surface area contributed by atoms with E-state index in [1.54, 1.807) is 30.2 Å². The summed E-state index contributed by atoms with van der Waals surface area (Å²) < 4.78 is 13.0. The van der Waals surface area contributed by atoms with Gasteiger partial charge in [-0.15, -0.1) is 0 Å². The van der Waals surface area contributed by atoms with E-state index in [4.69, 9.17) is 14.5 Å². The lowest BCUT2D eigenvalue weighted by Crippen LogP contribution is -1.95. The maximum Gasteiger partial charge on any atom is 0.212 e. The van der Waals surface area contributed by atoms with Crippen molar-refractivity contribution < 1.29 is 9.47 Å². The summed E-state index contributed by atoms with van der Waals surface area (Å²) >= 11 is 0. The third kappa shape index (κ3) is 3.93. The molecule has 3 heterocycles. The van der Waals surface area contributed by atoms with Crippen LogP contribution in [-0.4, -0.2) is 31.7 Å². The van der Waals surface area contributed by atoms with Gasteiger partial charge >= 0.3 is 0 Å². The lowest BCUT2D eigenvalue weighted by Gasteiger charge is -2.11. The normalized spacial score (nSPS) is 10.9. The van der Waals surface area contributed by atoms with Crippen molar-refractivity contribution in [3.63, 3.8) is 0 Å². The zero-order valence-electron chi connectivity index (χ0n) is 16.8. The number of hydrogen-bond donors (Lipinski definition) is 0. The van der Waals surface area contributed by atoms with E-state index in [2.05, 4.69) is 15.1 Å². The van der Waals surface area contributed by atoms with E-state index in [0.29, 0.717) is 35.2 Å². The number of fused-ring (bicyclic) bond motifs is 1. The van der Waals surface area contributed by atoms with Crippen molar-refractivity contribution in [3.8, 4) is 28.6 Å². The molecule has 5 rings (SSSR count). The maximum atomic E-state index is 6.12. The first kappa shape index (κ1) is 18.7. The summed E-state index contributed by atoms with van der Waals surface area (Å²) in [5.41, 5.74) is 3.23. The topological polar surface area (TPSA) is 74.4 Å². The number of aromatic nitrogens is 5. The third-order valence-corrected chi connectivity index (χ3v) is 4.78. The average Bonchev–Trinajstić information content (AvgIpc) is 3.23. The molecule has 7 nitrogen and oxygen atoms in total. The highest BCUT2D eigenvalue weighted by Gasteiger charge is 2.15. The summed E-state index contributed by atoms with van der Waals surface area (Å²) in [4.78, 5) is 13.6. The van der Waals surface area contributed by atoms with Crippen LogP contribution < -0.4 is 9.47 Å². The van der Waals surface area contributed by atoms with Crippen LogP contribution in [0.25, 0.3) is 16.9 Å². The molecule has 0 atom stereocenters. The summed E-state index contributed by atoms with van der Waals surface area (Å²) in [7, 11) is 1.60. The van der Waals surface area contributed by atoms with Crippen molar-refractivity contribution >= 4 is 5.65 Å². The van der Waals surface area contributed by atoms with Gasteiger partial charge in [-0.2, -0.15) is 5.10 Å². The van der Waals surface area contributed by atoms with Gasteiger partial charge in [0, 0.05) is 36.6 Å². The zero-order chi connectivity index (χ0) is 21.0. The van der Waals surface area contributed by atoms with Gasteiger partial charge in [0.15, 0.2) is 11.5 Å². The van der Waals surface area contributed by atoms with Crippen molar-refractivity contribution in [2.24, 2.45) is 0 Å². The van der Waals surface area contributed by atoms with E-state index in [-0.39, 0.29) is 0 Å². The molecule has 0 aliphatic rings. The highest BCUT2D eigenvalue weighted by atomic mass is 16.5. The first-order chi connectivity index (χ1) is 15.3. The minimum atomic E-state index is 0.556. The molecule has 2 aromatic carbocycles. The summed E-state index contributed by atoms with van der Waals surface area (Å²) in [5.74, 6) is 2.73. The second-order valence-electron chi connectivity index (χ2n) is 6.87. The van der Waals surface area contributed by atoms with E-state index >= 15 is 0 Å². The molecule has 0 amide bonds. The van der Waals surface area contributed by atoms with Gasteiger partial charge < -0.3 is 9.47 Å². The summed E-state index contributed by atoms with van der Waals surface area (Å²) in [6.45, 7) is 0. The van der Waals surface area contributed by atoms with E-state index in [0.717, 1.165) is 16.9 Å². The van der Waals surface area contributed by atoms with Crippen molar-refractivity contribution in [2.45, 2.75) is 6.42 Å². The van der Waals surface area contributed by atoms with Gasteiger partial charge in [-0.25, -0.2) is 14.5 Å². The maximum absolute atomic E-state index is 6.12. The molecule has 0 saturated heterocycles. The van der Waals surface area contributed by atoms with Gasteiger partial charge in [0.2, 0.25) is 5.88 Å². The van der Waals surface area contributed by atoms with Crippen LogP contribution in [0.5, 0.6) is 17.4 Å². The minimum absolute atomic E-state index is 0.556. The van der Waals surface area contributed by atoms with Crippen LogP contribution in [0.2, 0.25) is 0 Å². The molecule has 31 heavy (non-hydrogen) atoms. The zero-order valence-corrected chi connectivity index (χ0v) is 16.8. The number of para-hydroxylation sites is 2. The molecule has 0 bridgehead atoms. The molecule has 0 aliphatic heterocycles. The fourth-order valence-electron chi connectivity index (χ4n) is 3.31. The Labute approximate surface area is 179 Å². The van der Waals surface area contributed by atoms with Crippen LogP contribution in [0.1, 0.15) is 11.4 Å². The Balaban J connectivity index is 1.51. The molecule has 7 heteroatoms. The van der Waals surface area contributed by atoms with Crippen LogP contribution in [-0.2, 0) is 6.42 Å². The van der Waals surface area contributed by atoms with Crippen LogP contribution >= 0.6 is 0 Å². The molecule has 3 aromatic heterocycles. The van der Waals surface area contributed by atoms with Crippen molar-refractivity contribution in [2.75, 3.05) is 7.11 Å². The van der Waals surface area contributed by atoms with Crippen LogP contribution in [0, 0.1) is 0 Å². The van der Waals surface area contributed by atoms with Crippen molar-refractivity contribution in [1.29, 1.82) is 0 Å². The fourth-order valence-corrected chi connectivity index (χ4v) is 3.31. The Morgan fingerprint density at radius 2 is 1.74 bits per heavy atom. The van der Waals surface area contributed by atoms with Gasteiger partial charge in [0.1, 0.15) is 17.2 Å². The second-order valence-corrected chi connectivity index (χ2v) is 6.87. The Morgan fingerprint density at radius 1 is 0.903 bits per heavy atom. The van der Waals surface area contributed by atoms with Gasteiger partial charge in [-0.05, 0) is 29.8 Å². The lowest BCUT2D eigenvalue weighted by molar-refractivity contribution is 0.397. The Kier molecular flexibility index (Phi) is 4.98. The van der Waals surface area contributed by atoms with Crippen LogP contribution in [0.4, 0.5) is 0 Å². The smallest absolute Gasteiger partial charge is 0.212 e. The molecule has 5 aromatic rings. The Bertz CT molecular complexity index is 1320. The molecule has 0 fully saturated rings. The second kappa shape index (κ2) is 8.23. The highest BCUT2D eigenvalue weighted by Crippen LogP contribution is 2.33. The van der Waals surface area contributed by atoms with Gasteiger partial charge in [0.05, 0.1) is 7.11 Å². The molecule has 152 valence electrons. The Hall–Kier alpha value is -4.26. The Morgan fingerprint density at radius 3 is 2.55 bits per heavy atom. The summed E-state index contributed by atoms with van der Waals surface area (Å²) in [5, 5.41) is 4.62. The third-order valence-electron chi connectivity index (χ3n) is 4.78. The molecule has 0 saturated carbocycles. The molecule has 0 N–H and O–H groups in total. The van der Waals surface area contributed by atoms with Crippen LogP contribution in [0.3, 0.4) is 0 Å². The first-order valence-electron chi connectivity index (χ1n) is 9.81. The number of rotatable bonds is 6. The predicted octanol–water partition coefficient (Wildman–Crippen LogP) is 4.58. The van der Waals surface area contributed by atoms with Gasteiger partial charge in [0.25, 0.3) is 0 Å². The highest BCUT2D eigenvalue weighted by molar-refractivity contribution is 5.78. The standard InChI is InChI=1S/C24H19N5O2/c1-30-22-12-11-17(16-26-22)15-21-27-24-23(25-13-14-29(24)28-21)19-9-5-6-10-20(19)31-18-7-3-2-4-8-18/h2-14,16H,15H2,1H3. The van der Waals surface area contributed by atoms with Gasteiger partial charge in [-0.3, -0.25) is 4.98 Å². The number of ether oxygens (including phenoxy) is 2. The summed E-state index contributed by atoms with van der Waals surface area (Å²) in [6.07, 6.45) is 5.84. The first-order valence-corrected chi connectivity index (χ1v) is 9.81. The van der Waals surface area contributed by atoms with Crippen molar-refractivity contribution in [3.05, 3.63) is 96.7 Å². The molecule has 0 radical (unpaired) electrons. The molecule has 0 unspecified atom stereocenters. The number of methoxy groups -OCH3 is 1. The van der Waals surface area contributed by atoms with Crippen molar-refractivity contribution in [1.82, 2.24) is 24.6 Å². The molecular weight excluding hydrogens is 390 g/mol. The lowest BCUT2D eigenvalue weighted by atomic mass is 10.1. The number of hydrogen-bond acceptors (Lipinski definition) is 6. The largest absolute Gasteiger partial charge is 0.481 e. The monoisotopic (exact) mass is 409 g/mol. The predicted molar refractivity (Wildman–Crippen MR) is 116 cm³/mol. The van der Waals surface area contributed by atoms with E-state index < -0.39 is 0 Å². The van der Waals surface area contributed by atoms with Crippen LogP contribution in [0.15, 0.2) is 85.3 Å². The number of benzene rings is 2. The van der Waals surface area contributed by atoms with E-state index in [1.807, 2.05) is 66.7 Å². The minimum Gasteiger partial charge on any atom is -0.481 e. The quantitative estimate of drug-likeness (QED) is 0.409. The molecule has 0 aliphatic carbocycles. The fraction of sp³-hybridized carbons (Fsp3) is 0.0833. The number of pyridine rings is 1.